The van der Waals surface area contributed by atoms with E-state index in [2.05, 4.69) is 20.9 Å². The van der Waals surface area contributed by atoms with Crippen LogP contribution in [0.15, 0.2) is 60.8 Å². The molecule has 10 heteroatoms. The number of carbonyl (C=O) groups is 4. The number of nitrogens with one attached hydrogen (secondary N) is 4. The number of benzene rings is 2. The molecule has 5 N–H and O–H groups in total. The molecule has 0 radical (unpaired) electrons. The van der Waals surface area contributed by atoms with E-state index < -0.39 is 35.9 Å². The number of carbonyl (C=O) groups excluding carboxylic acids is 3. The summed E-state index contributed by atoms with van der Waals surface area (Å²) >= 11 is 1.54. The number of aromatic nitrogens is 1. The van der Waals surface area contributed by atoms with Crippen molar-refractivity contribution in [3.63, 3.8) is 0 Å². The maximum atomic E-state index is 13.2. The smallest absolute Gasteiger partial charge is 0.326 e. The zero-order valence-corrected chi connectivity index (χ0v) is 22.5. The van der Waals surface area contributed by atoms with Gasteiger partial charge in [-0.05, 0) is 48.1 Å². The van der Waals surface area contributed by atoms with Gasteiger partial charge in [-0.2, -0.15) is 11.8 Å². The molecule has 3 aromatic rings. The Morgan fingerprint density at radius 1 is 0.895 bits per heavy atom. The molecule has 1 aromatic heterocycles. The van der Waals surface area contributed by atoms with E-state index in [4.69, 9.17) is 0 Å². The Bertz CT molecular complexity index is 1260. The summed E-state index contributed by atoms with van der Waals surface area (Å²) in [5.74, 6) is -2.36. The van der Waals surface area contributed by atoms with Crippen LogP contribution in [-0.4, -0.2) is 63.9 Å². The number of thioether (sulfide) groups is 1. The van der Waals surface area contributed by atoms with E-state index in [0.29, 0.717) is 17.7 Å². The molecule has 3 atom stereocenters. The summed E-state index contributed by atoms with van der Waals surface area (Å²) in [6.45, 7) is 3.53. The number of rotatable bonds is 13. The van der Waals surface area contributed by atoms with Gasteiger partial charge in [-0.1, -0.05) is 50.2 Å². The topological polar surface area (TPSA) is 140 Å². The fraction of sp³-hybridized carbons (Fsp3) is 0.357. The van der Waals surface area contributed by atoms with Crippen molar-refractivity contribution in [2.45, 2.75) is 44.8 Å². The van der Waals surface area contributed by atoms with Gasteiger partial charge in [-0.25, -0.2) is 4.79 Å². The molecule has 0 aliphatic carbocycles. The zero-order valence-electron chi connectivity index (χ0n) is 21.7. The van der Waals surface area contributed by atoms with Crippen LogP contribution in [0.1, 0.15) is 36.2 Å². The van der Waals surface area contributed by atoms with E-state index in [1.807, 2.05) is 30.5 Å². The first-order chi connectivity index (χ1) is 18.2. The fourth-order valence-corrected chi connectivity index (χ4v) is 4.58. The summed E-state index contributed by atoms with van der Waals surface area (Å²) in [5.41, 5.74) is 2.06. The quantitative estimate of drug-likeness (QED) is 0.227. The van der Waals surface area contributed by atoms with Crippen LogP contribution in [0.2, 0.25) is 0 Å². The number of aliphatic carboxylic acids is 1. The molecule has 202 valence electrons. The highest BCUT2D eigenvalue weighted by Gasteiger charge is 2.31. The molecule has 0 aliphatic rings. The van der Waals surface area contributed by atoms with Gasteiger partial charge in [0.05, 0.1) is 0 Å². The molecule has 38 heavy (non-hydrogen) atoms. The van der Waals surface area contributed by atoms with Crippen molar-refractivity contribution in [1.82, 2.24) is 20.9 Å². The largest absolute Gasteiger partial charge is 0.480 e. The predicted octanol–water partition coefficient (Wildman–Crippen LogP) is 2.97. The lowest BCUT2D eigenvalue weighted by molar-refractivity contribution is -0.142. The van der Waals surface area contributed by atoms with Crippen molar-refractivity contribution in [3.8, 4) is 0 Å². The van der Waals surface area contributed by atoms with E-state index in [0.717, 1.165) is 16.5 Å². The van der Waals surface area contributed by atoms with Crippen molar-refractivity contribution in [3.05, 3.63) is 71.9 Å². The first-order valence-electron chi connectivity index (χ1n) is 12.4. The third-order valence-electron chi connectivity index (χ3n) is 6.23. The van der Waals surface area contributed by atoms with Crippen molar-refractivity contribution < 1.29 is 24.3 Å². The molecule has 3 rings (SSSR count). The van der Waals surface area contributed by atoms with E-state index in [-0.39, 0.29) is 18.2 Å². The lowest BCUT2D eigenvalue weighted by atomic mass is 10.0. The second-order valence-corrected chi connectivity index (χ2v) is 10.4. The Labute approximate surface area is 226 Å². The predicted molar refractivity (Wildman–Crippen MR) is 149 cm³/mol. The minimum Gasteiger partial charge on any atom is -0.480 e. The Hall–Kier alpha value is -3.79. The van der Waals surface area contributed by atoms with Crippen LogP contribution in [0.5, 0.6) is 0 Å². The van der Waals surface area contributed by atoms with Gasteiger partial charge in [0.2, 0.25) is 11.8 Å². The number of amides is 3. The Balaban J connectivity index is 1.71. The van der Waals surface area contributed by atoms with Gasteiger partial charge in [0.15, 0.2) is 0 Å². The molecule has 2 aromatic carbocycles. The molecule has 3 unspecified atom stereocenters. The number of H-pyrrole nitrogens is 1. The van der Waals surface area contributed by atoms with Gasteiger partial charge in [-0.15, -0.1) is 0 Å². The summed E-state index contributed by atoms with van der Waals surface area (Å²) in [6.07, 6.45) is 4.09. The number of carboxylic acids is 1. The highest BCUT2D eigenvalue weighted by molar-refractivity contribution is 7.98. The van der Waals surface area contributed by atoms with Gasteiger partial charge in [0.1, 0.15) is 18.1 Å². The van der Waals surface area contributed by atoms with Gasteiger partial charge < -0.3 is 26.0 Å². The van der Waals surface area contributed by atoms with Gasteiger partial charge in [-0.3, -0.25) is 14.4 Å². The Morgan fingerprint density at radius 2 is 1.58 bits per heavy atom. The first-order valence-corrected chi connectivity index (χ1v) is 13.8. The van der Waals surface area contributed by atoms with Crippen molar-refractivity contribution in [2.75, 3.05) is 12.0 Å². The molecule has 1 heterocycles. The molecule has 0 bridgehead atoms. The van der Waals surface area contributed by atoms with E-state index in [1.165, 1.54) is 11.8 Å². The van der Waals surface area contributed by atoms with Crippen molar-refractivity contribution in [2.24, 2.45) is 5.92 Å². The monoisotopic (exact) mass is 538 g/mol. The molecular formula is C28H34N4O5S. The van der Waals surface area contributed by atoms with Crippen LogP contribution in [-0.2, 0) is 20.8 Å². The minimum absolute atomic E-state index is 0.0767. The van der Waals surface area contributed by atoms with Crippen LogP contribution in [0.3, 0.4) is 0 Å². The summed E-state index contributed by atoms with van der Waals surface area (Å²) in [4.78, 5) is 54.3. The van der Waals surface area contributed by atoms with Gasteiger partial charge in [0.25, 0.3) is 5.91 Å². The van der Waals surface area contributed by atoms with Crippen molar-refractivity contribution in [1.29, 1.82) is 0 Å². The van der Waals surface area contributed by atoms with E-state index >= 15 is 0 Å². The number of hydrogen-bond donors (Lipinski definition) is 5. The van der Waals surface area contributed by atoms with Gasteiger partial charge in [0, 0.05) is 29.1 Å². The molecule has 0 fully saturated rings. The second-order valence-electron chi connectivity index (χ2n) is 9.37. The molecule has 3 amide bonds. The van der Waals surface area contributed by atoms with E-state index in [9.17, 15) is 24.3 Å². The first kappa shape index (κ1) is 28.8. The fourth-order valence-electron chi connectivity index (χ4n) is 4.11. The second kappa shape index (κ2) is 13.7. The summed E-state index contributed by atoms with van der Waals surface area (Å²) in [6, 6.07) is 13.1. The molecule has 0 aliphatic heterocycles. The van der Waals surface area contributed by atoms with Crippen LogP contribution in [0, 0.1) is 5.92 Å². The summed E-state index contributed by atoms with van der Waals surface area (Å²) in [5, 5.41) is 18.8. The van der Waals surface area contributed by atoms with Crippen LogP contribution in [0.4, 0.5) is 0 Å². The minimum atomic E-state index is -1.19. The van der Waals surface area contributed by atoms with Crippen molar-refractivity contribution >= 4 is 46.4 Å². The molecule has 0 saturated carbocycles. The SMILES string of the molecule is CSCCC(NC(=O)c1ccccc1)C(=O)NC(C(=O)NC(Cc1c[nH]c2ccccc12)C(=O)O)C(C)C. The van der Waals surface area contributed by atoms with E-state index in [1.54, 1.807) is 50.4 Å². The molecular weight excluding hydrogens is 504 g/mol. The average Bonchev–Trinajstić information content (AvgIpc) is 3.31. The highest BCUT2D eigenvalue weighted by atomic mass is 32.2. The zero-order chi connectivity index (χ0) is 27.7. The Kier molecular flexibility index (Phi) is 10.3. The average molecular weight is 539 g/mol. The number of fused-ring (bicyclic) bond motifs is 1. The number of hydrogen-bond acceptors (Lipinski definition) is 5. The number of para-hydroxylation sites is 1. The normalized spacial score (nSPS) is 13.5. The molecule has 0 spiro atoms. The standard InChI is InChI=1S/C28H34N4O5S/c1-17(2)24(32-26(34)22(13-14-38-3)30-25(33)18-9-5-4-6-10-18)27(35)31-23(28(36)37)15-19-16-29-21-12-8-7-11-20(19)21/h4-12,16-17,22-24,29H,13-15H2,1-3H3,(H,30,33)(H,31,35)(H,32,34)(H,36,37). The van der Waals surface area contributed by atoms with Gasteiger partial charge >= 0.3 is 5.97 Å². The summed E-state index contributed by atoms with van der Waals surface area (Å²) < 4.78 is 0. The number of carboxylic acid groups (broad SMARTS) is 1. The third-order valence-corrected chi connectivity index (χ3v) is 6.87. The van der Waals surface area contributed by atoms with Crippen LogP contribution in [0.25, 0.3) is 10.9 Å². The Morgan fingerprint density at radius 3 is 2.24 bits per heavy atom. The molecule has 0 saturated heterocycles. The van der Waals surface area contributed by atoms with Crippen LogP contribution >= 0.6 is 11.8 Å². The maximum Gasteiger partial charge on any atom is 0.326 e. The lowest BCUT2D eigenvalue weighted by Gasteiger charge is -2.26. The maximum absolute atomic E-state index is 13.2. The van der Waals surface area contributed by atoms with Crippen LogP contribution < -0.4 is 16.0 Å². The summed E-state index contributed by atoms with van der Waals surface area (Å²) in [7, 11) is 0. The lowest BCUT2D eigenvalue weighted by Crippen LogP contribution is -2.57. The highest BCUT2D eigenvalue weighted by Crippen LogP contribution is 2.19. The third kappa shape index (κ3) is 7.61. The number of aromatic amines is 1. The molecule has 9 nitrogen and oxygen atoms in total.